The molecule has 0 aliphatic rings. The van der Waals surface area contributed by atoms with Gasteiger partial charge in [0.15, 0.2) is 0 Å². The molecular formula is C11H12F2O4S2. The van der Waals surface area contributed by atoms with Gasteiger partial charge in [-0.05, 0) is 38.1 Å². The van der Waals surface area contributed by atoms with Crippen LogP contribution in [0.1, 0.15) is 13.8 Å². The van der Waals surface area contributed by atoms with Crippen LogP contribution in [0.4, 0.5) is 8.78 Å². The molecule has 0 heterocycles. The topological polar surface area (TPSA) is 71.4 Å². The second-order valence-corrected chi connectivity index (χ2v) is 7.81. The van der Waals surface area contributed by atoms with E-state index in [0.29, 0.717) is 4.90 Å². The summed E-state index contributed by atoms with van der Waals surface area (Å²) in [5, 5.41) is 8.94. The smallest absolute Gasteiger partial charge is 0.341 e. The first-order valence-electron chi connectivity index (χ1n) is 5.12. The fraction of sp³-hybridized carbons (Fsp3) is 0.364. The Morgan fingerprint density at radius 3 is 2.11 bits per heavy atom. The molecule has 0 aliphatic heterocycles. The van der Waals surface area contributed by atoms with Gasteiger partial charge in [0.05, 0.1) is 4.90 Å². The number of thioether (sulfide) groups is 1. The number of hydrogen-bond acceptors (Lipinski definition) is 4. The monoisotopic (exact) mass is 310 g/mol. The van der Waals surface area contributed by atoms with Gasteiger partial charge in [0, 0.05) is 4.90 Å². The number of aliphatic carboxylic acids is 1. The Bertz CT molecular complexity index is 565. The maximum atomic E-state index is 12.3. The highest BCUT2D eigenvalue weighted by Gasteiger charge is 2.29. The Morgan fingerprint density at radius 2 is 1.74 bits per heavy atom. The number of benzene rings is 1. The van der Waals surface area contributed by atoms with Crippen molar-refractivity contribution < 1.29 is 27.1 Å². The summed E-state index contributed by atoms with van der Waals surface area (Å²) in [6, 6.07) is 4.71. The van der Waals surface area contributed by atoms with Gasteiger partial charge in [-0.2, -0.15) is 8.78 Å². The average Bonchev–Trinajstić information content (AvgIpc) is 2.28. The van der Waals surface area contributed by atoms with E-state index in [1.165, 1.54) is 26.0 Å². The Labute approximate surface area is 113 Å². The molecule has 0 fully saturated rings. The molecule has 0 amide bonds. The van der Waals surface area contributed by atoms with Crippen LogP contribution in [0.2, 0.25) is 0 Å². The van der Waals surface area contributed by atoms with Gasteiger partial charge in [-0.15, -0.1) is 11.8 Å². The number of halogens is 2. The minimum absolute atomic E-state index is 0.486. The molecule has 0 saturated carbocycles. The van der Waals surface area contributed by atoms with Crippen molar-refractivity contribution in [1.82, 2.24) is 0 Å². The van der Waals surface area contributed by atoms with Gasteiger partial charge in [-0.1, -0.05) is 0 Å². The minimum Gasteiger partial charge on any atom is -0.480 e. The number of hydrogen-bond donors (Lipinski definition) is 1. The van der Waals surface area contributed by atoms with Gasteiger partial charge in [0.2, 0.25) is 9.84 Å². The summed E-state index contributed by atoms with van der Waals surface area (Å²) in [6.45, 7) is 2.98. The molecule has 106 valence electrons. The summed E-state index contributed by atoms with van der Waals surface area (Å²) in [4.78, 5) is 10.9. The van der Waals surface area contributed by atoms with E-state index in [0.717, 1.165) is 23.9 Å². The SMILES string of the molecule is CC(C)(Sc1ccc(S(=O)(=O)C(F)F)cc1)C(=O)O. The number of carbonyl (C=O) groups is 1. The largest absolute Gasteiger partial charge is 0.480 e. The average molecular weight is 310 g/mol. The maximum Gasteiger partial charge on any atom is 0.341 e. The summed E-state index contributed by atoms with van der Waals surface area (Å²) >= 11 is 1.000. The standard InChI is InChI=1S/C11H12F2O4S2/c1-11(2,9(14)15)18-7-3-5-8(6-4-7)19(16,17)10(12)13/h3-6,10H,1-2H3,(H,14,15). The summed E-state index contributed by atoms with van der Waals surface area (Å²) < 4.78 is 45.9. The van der Waals surface area contributed by atoms with Crippen LogP contribution < -0.4 is 0 Å². The lowest BCUT2D eigenvalue weighted by Gasteiger charge is -2.18. The van der Waals surface area contributed by atoms with Crippen LogP contribution in [-0.2, 0) is 14.6 Å². The summed E-state index contributed by atoms with van der Waals surface area (Å²) in [7, 11) is -4.61. The molecule has 0 aromatic heterocycles. The predicted octanol–water partition coefficient (Wildman–Crippen LogP) is 2.64. The Kier molecular flexibility index (Phi) is 4.57. The third-order valence-electron chi connectivity index (χ3n) is 2.27. The molecule has 1 rings (SSSR count). The zero-order valence-electron chi connectivity index (χ0n) is 10.1. The molecule has 1 N–H and O–H groups in total. The van der Waals surface area contributed by atoms with Gasteiger partial charge in [-0.25, -0.2) is 8.42 Å². The molecule has 1 aromatic rings. The van der Waals surface area contributed by atoms with E-state index in [1.807, 2.05) is 0 Å². The predicted molar refractivity (Wildman–Crippen MR) is 67.2 cm³/mol. The van der Waals surface area contributed by atoms with Crippen LogP contribution in [0.15, 0.2) is 34.1 Å². The third kappa shape index (κ3) is 3.66. The Hall–Kier alpha value is -1.15. The summed E-state index contributed by atoms with van der Waals surface area (Å²) in [5.74, 6) is -4.50. The van der Waals surface area contributed by atoms with E-state index in [-0.39, 0.29) is 0 Å². The van der Waals surface area contributed by atoms with Gasteiger partial charge < -0.3 is 5.11 Å². The van der Waals surface area contributed by atoms with Gasteiger partial charge >= 0.3 is 11.7 Å². The van der Waals surface area contributed by atoms with E-state index in [1.54, 1.807) is 0 Å². The molecule has 1 aromatic carbocycles. The van der Waals surface area contributed by atoms with Crippen LogP contribution in [-0.4, -0.2) is 30.0 Å². The molecule has 8 heteroatoms. The van der Waals surface area contributed by atoms with Crippen molar-refractivity contribution in [2.75, 3.05) is 0 Å². The summed E-state index contributed by atoms with van der Waals surface area (Å²) in [6.07, 6.45) is 0. The van der Waals surface area contributed by atoms with E-state index in [9.17, 15) is 22.0 Å². The lowest BCUT2D eigenvalue weighted by Crippen LogP contribution is -2.26. The van der Waals surface area contributed by atoms with Crippen molar-refractivity contribution in [3.8, 4) is 0 Å². The molecule has 4 nitrogen and oxygen atoms in total. The molecule has 0 saturated heterocycles. The van der Waals surface area contributed by atoms with Crippen molar-refractivity contribution in [3.63, 3.8) is 0 Å². The highest BCUT2D eigenvalue weighted by Crippen LogP contribution is 2.33. The van der Waals surface area contributed by atoms with Crippen LogP contribution in [0.25, 0.3) is 0 Å². The van der Waals surface area contributed by atoms with Gasteiger partial charge in [0.1, 0.15) is 4.75 Å². The molecule has 19 heavy (non-hydrogen) atoms. The minimum atomic E-state index is -4.61. The quantitative estimate of drug-likeness (QED) is 0.847. The molecule has 0 unspecified atom stereocenters. The van der Waals surface area contributed by atoms with Crippen LogP contribution >= 0.6 is 11.8 Å². The molecular weight excluding hydrogens is 298 g/mol. The van der Waals surface area contributed by atoms with E-state index in [4.69, 9.17) is 5.11 Å². The highest BCUT2D eigenvalue weighted by molar-refractivity contribution is 8.01. The van der Waals surface area contributed by atoms with Crippen molar-refractivity contribution in [1.29, 1.82) is 0 Å². The second-order valence-electron chi connectivity index (χ2n) is 4.19. The highest BCUT2D eigenvalue weighted by atomic mass is 32.2. The van der Waals surface area contributed by atoms with Crippen LogP contribution in [0.5, 0.6) is 0 Å². The van der Waals surface area contributed by atoms with Crippen molar-refractivity contribution in [2.24, 2.45) is 0 Å². The number of rotatable bonds is 5. The fourth-order valence-electron chi connectivity index (χ4n) is 1.14. The van der Waals surface area contributed by atoms with E-state index >= 15 is 0 Å². The van der Waals surface area contributed by atoms with Gasteiger partial charge in [0.25, 0.3) is 0 Å². The second kappa shape index (κ2) is 5.46. The number of alkyl halides is 2. The van der Waals surface area contributed by atoms with E-state index in [2.05, 4.69) is 0 Å². The van der Waals surface area contributed by atoms with Crippen LogP contribution in [0, 0.1) is 0 Å². The number of carboxylic acids is 1. The summed E-state index contributed by atoms with van der Waals surface area (Å²) in [5.41, 5.74) is 0. The lowest BCUT2D eigenvalue weighted by molar-refractivity contribution is -0.138. The van der Waals surface area contributed by atoms with Crippen molar-refractivity contribution in [2.45, 2.75) is 34.1 Å². The first kappa shape index (κ1) is 15.9. The zero-order valence-corrected chi connectivity index (χ0v) is 11.8. The zero-order chi connectivity index (χ0) is 14.8. The fourth-order valence-corrected chi connectivity index (χ4v) is 2.81. The first-order valence-corrected chi connectivity index (χ1v) is 7.48. The van der Waals surface area contributed by atoms with E-state index < -0.39 is 31.2 Å². The maximum absolute atomic E-state index is 12.3. The Morgan fingerprint density at radius 1 is 1.26 bits per heavy atom. The molecule has 0 spiro atoms. The lowest BCUT2D eigenvalue weighted by atomic mass is 10.2. The number of carboxylic acid groups (broad SMARTS) is 1. The van der Waals surface area contributed by atoms with Crippen molar-refractivity contribution >= 4 is 27.6 Å². The van der Waals surface area contributed by atoms with Crippen LogP contribution in [0.3, 0.4) is 0 Å². The molecule has 0 radical (unpaired) electrons. The molecule has 0 bridgehead atoms. The molecule has 0 aliphatic carbocycles. The Balaban J connectivity index is 2.99. The third-order valence-corrected chi connectivity index (χ3v) is 4.87. The normalized spacial score (nSPS) is 12.7. The molecule has 0 atom stereocenters. The number of sulfone groups is 1. The van der Waals surface area contributed by atoms with Crippen molar-refractivity contribution in [3.05, 3.63) is 24.3 Å². The van der Waals surface area contributed by atoms with Gasteiger partial charge in [-0.3, -0.25) is 4.79 Å². The first-order chi connectivity index (χ1) is 8.57.